The Kier molecular flexibility index (Phi) is 6.96. The van der Waals surface area contributed by atoms with Crippen molar-refractivity contribution in [3.8, 4) is 5.75 Å². The highest BCUT2D eigenvalue weighted by atomic mass is 32.1. The second kappa shape index (κ2) is 9.83. The number of rotatable bonds is 9. The molecule has 0 bridgehead atoms. The Hall–Kier alpha value is -3.20. The summed E-state index contributed by atoms with van der Waals surface area (Å²) in [6, 6.07) is 10.7. The molecule has 2 heterocycles. The standard InChI is InChI=1S/C20H22N4O4S/c1-13-6-9-16(28-13)12-21-17(25)4-3-5-18-23-24-20(29-18)19(26)22-14-7-10-15(27-2)11-8-14/h6-11H,3-5,12H2,1-2H3,(H,21,25)(H,22,26). The zero-order chi connectivity index (χ0) is 20.6. The predicted octanol–water partition coefficient (Wildman–Crippen LogP) is 3.34. The van der Waals surface area contributed by atoms with Gasteiger partial charge in [0.1, 0.15) is 22.3 Å². The summed E-state index contributed by atoms with van der Waals surface area (Å²) >= 11 is 1.23. The molecule has 0 fully saturated rings. The van der Waals surface area contributed by atoms with Crippen LogP contribution in [0, 0.1) is 6.92 Å². The second-order valence-electron chi connectivity index (χ2n) is 6.33. The number of anilines is 1. The van der Waals surface area contributed by atoms with E-state index in [2.05, 4.69) is 20.8 Å². The van der Waals surface area contributed by atoms with Crippen LogP contribution in [0.15, 0.2) is 40.8 Å². The summed E-state index contributed by atoms with van der Waals surface area (Å²) in [6.07, 6.45) is 1.57. The molecular weight excluding hydrogens is 392 g/mol. The summed E-state index contributed by atoms with van der Waals surface area (Å²) in [5.41, 5.74) is 0.649. The third-order valence-corrected chi connectivity index (χ3v) is 5.04. The number of benzene rings is 1. The van der Waals surface area contributed by atoms with Gasteiger partial charge in [-0.2, -0.15) is 0 Å². The maximum atomic E-state index is 12.3. The summed E-state index contributed by atoms with van der Waals surface area (Å²) in [4.78, 5) is 24.2. The van der Waals surface area contributed by atoms with Crippen LogP contribution in [0.1, 0.15) is 39.2 Å². The largest absolute Gasteiger partial charge is 0.497 e. The van der Waals surface area contributed by atoms with E-state index in [9.17, 15) is 9.59 Å². The molecule has 0 unspecified atom stereocenters. The van der Waals surface area contributed by atoms with Crippen LogP contribution in [-0.4, -0.2) is 29.1 Å². The van der Waals surface area contributed by atoms with E-state index >= 15 is 0 Å². The number of furan rings is 1. The van der Waals surface area contributed by atoms with Gasteiger partial charge in [-0.1, -0.05) is 11.3 Å². The number of methoxy groups -OCH3 is 1. The van der Waals surface area contributed by atoms with Crippen molar-refractivity contribution in [2.45, 2.75) is 32.7 Å². The minimum absolute atomic E-state index is 0.0546. The fraction of sp³-hybridized carbons (Fsp3) is 0.300. The molecule has 152 valence electrons. The average molecular weight is 414 g/mol. The van der Waals surface area contributed by atoms with Crippen molar-refractivity contribution >= 4 is 28.8 Å². The summed E-state index contributed by atoms with van der Waals surface area (Å²) in [5.74, 6) is 1.89. The van der Waals surface area contributed by atoms with Gasteiger partial charge in [0.05, 0.1) is 13.7 Å². The molecule has 9 heteroatoms. The number of nitrogens with zero attached hydrogens (tertiary/aromatic N) is 2. The van der Waals surface area contributed by atoms with Gasteiger partial charge in [-0.05, 0) is 49.7 Å². The third-order valence-electron chi connectivity index (χ3n) is 4.06. The Labute approximate surface area is 172 Å². The highest BCUT2D eigenvalue weighted by Gasteiger charge is 2.13. The second-order valence-corrected chi connectivity index (χ2v) is 7.39. The molecule has 0 spiro atoms. The molecule has 2 amide bonds. The lowest BCUT2D eigenvalue weighted by Gasteiger charge is -2.04. The Bertz CT molecular complexity index is 965. The Morgan fingerprint density at radius 3 is 2.62 bits per heavy atom. The normalized spacial score (nSPS) is 10.6. The van der Waals surface area contributed by atoms with Crippen LogP contribution in [0.3, 0.4) is 0 Å². The first-order chi connectivity index (χ1) is 14.0. The molecule has 29 heavy (non-hydrogen) atoms. The van der Waals surface area contributed by atoms with Gasteiger partial charge in [-0.3, -0.25) is 9.59 Å². The molecule has 2 N–H and O–H groups in total. The number of ether oxygens (including phenoxy) is 1. The van der Waals surface area contributed by atoms with E-state index in [-0.39, 0.29) is 16.8 Å². The highest BCUT2D eigenvalue weighted by Crippen LogP contribution is 2.18. The molecule has 0 aliphatic rings. The zero-order valence-corrected chi connectivity index (χ0v) is 17.0. The van der Waals surface area contributed by atoms with Crippen molar-refractivity contribution in [3.05, 3.63) is 57.9 Å². The first kappa shape index (κ1) is 20.5. The SMILES string of the molecule is COc1ccc(NC(=O)c2nnc(CCCC(=O)NCc3ccc(C)o3)s2)cc1. The van der Waals surface area contributed by atoms with E-state index in [1.54, 1.807) is 31.4 Å². The van der Waals surface area contributed by atoms with Gasteiger partial charge < -0.3 is 19.8 Å². The van der Waals surface area contributed by atoms with Crippen LogP contribution in [0.25, 0.3) is 0 Å². The van der Waals surface area contributed by atoms with Gasteiger partial charge in [0.25, 0.3) is 5.91 Å². The lowest BCUT2D eigenvalue weighted by atomic mass is 10.2. The minimum Gasteiger partial charge on any atom is -0.497 e. The van der Waals surface area contributed by atoms with E-state index in [0.29, 0.717) is 37.2 Å². The van der Waals surface area contributed by atoms with Crippen molar-refractivity contribution in [2.75, 3.05) is 12.4 Å². The van der Waals surface area contributed by atoms with Crippen molar-refractivity contribution in [1.29, 1.82) is 0 Å². The Morgan fingerprint density at radius 2 is 1.93 bits per heavy atom. The van der Waals surface area contributed by atoms with E-state index in [0.717, 1.165) is 16.5 Å². The summed E-state index contributed by atoms with van der Waals surface area (Å²) in [7, 11) is 1.58. The Morgan fingerprint density at radius 1 is 1.14 bits per heavy atom. The molecule has 2 aromatic heterocycles. The van der Waals surface area contributed by atoms with Crippen molar-refractivity contribution in [1.82, 2.24) is 15.5 Å². The summed E-state index contributed by atoms with van der Waals surface area (Å²) in [6.45, 7) is 2.24. The number of amides is 2. The summed E-state index contributed by atoms with van der Waals surface area (Å²) < 4.78 is 10.5. The van der Waals surface area contributed by atoms with Crippen molar-refractivity contribution in [2.24, 2.45) is 0 Å². The van der Waals surface area contributed by atoms with Crippen LogP contribution in [-0.2, 0) is 17.8 Å². The first-order valence-electron chi connectivity index (χ1n) is 9.13. The molecule has 3 rings (SSSR count). The number of aromatic nitrogens is 2. The molecule has 0 saturated heterocycles. The van der Waals surface area contributed by atoms with E-state index in [1.807, 2.05) is 19.1 Å². The summed E-state index contributed by atoms with van der Waals surface area (Å²) in [5, 5.41) is 14.6. The van der Waals surface area contributed by atoms with Gasteiger partial charge >= 0.3 is 0 Å². The maximum absolute atomic E-state index is 12.3. The lowest BCUT2D eigenvalue weighted by Crippen LogP contribution is -2.22. The number of hydrogen-bond acceptors (Lipinski definition) is 7. The average Bonchev–Trinajstić information content (AvgIpc) is 3.36. The van der Waals surface area contributed by atoms with Gasteiger partial charge in [-0.25, -0.2) is 0 Å². The predicted molar refractivity (Wildman–Crippen MR) is 109 cm³/mol. The topological polar surface area (TPSA) is 106 Å². The molecule has 0 aliphatic carbocycles. The number of carbonyl (C=O) groups excluding carboxylic acids is 2. The lowest BCUT2D eigenvalue weighted by molar-refractivity contribution is -0.121. The minimum atomic E-state index is -0.314. The number of carbonyl (C=O) groups is 2. The Balaban J connectivity index is 1.41. The van der Waals surface area contributed by atoms with Gasteiger partial charge in [0.15, 0.2) is 0 Å². The fourth-order valence-corrected chi connectivity index (χ4v) is 3.34. The van der Waals surface area contributed by atoms with Gasteiger partial charge in [-0.15, -0.1) is 10.2 Å². The molecule has 0 radical (unpaired) electrons. The monoisotopic (exact) mass is 414 g/mol. The third kappa shape index (κ3) is 6.15. The van der Waals surface area contributed by atoms with Crippen molar-refractivity contribution < 1.29 is 18.7 Å². The molecule has 0 saturated carbocycles. The molecule has 0 aliphatic heterocycles. The van der Waals surface area contributed by atoms with Crippen LogP contribution in [0.5, 0.6) is 5.75 Å². The fourth-order valence-electron chi connectivity index (χ4n) is 2.56. The van der Waals surface area contributed by atoms with E-state index < -0.39 is 0 Å². The van der Waals surface area contributed by atoms with Gasteiger partial charge in [0.2, 0.25) is 10.9 Å². The van der Waals surface area contributed by atoms with Crippen LogP contribution in [0.4, 0.5) is 5.69 Å². The van der Waals surface area contributed by atoms with E-state index in [1.165, 1.54) is 11.3 Å². The smallest absolute Gasteiger partial charge is 0.286 e. The number of aryl methyl sites for hydroxylation is 2. The van der Waals surface area contributed by atoms with Crippen molar-refractivity contribution in [3.63, 3.8) is 0 Å². The zero-order valence-electron chi connectivity index (χ0n) is 16.2. The molecule has 1 aromatic carbocycles. The van der Waals surface area contributed by atoms with Crippen LogP contribution in [0.2, 0.25) is 0 Å². The molecule has 3 aromatic rings. The molecule has 0 atom stereocenters. The van der Waals surface area contributed by atoms with Crippen LogP contribution < -0.4 is 15.4 Å². The molecular formula is C20H22N4O4S. The first-order valence-corrected chi connectivity index (χ1v) is 9.95. The quantitative estimate of drug-likeness (QED) is 0.556. The highest BCUT2D eigenvalue weighted by molar-refractivity contribution is 7.13. The van der Waals surface area contributed by atoms with E-state index in [4.69, 9.17) is 9.15 Å². The number of nitrogens with one attached hydrogen (secondary N) is 2. The van der Waals surface area contributed by atoms with Gasteiger partial charge in [0, 0.05) is 18.5 Å². The maximum Gasteiger partial charge on any atom is 0.286 e. The van der Waals surface area contributed by atoms with Crippen LogP contribution >= 0.6 is 11.3 Å². The number of hydrogen-bond donors (Lipinski definition) is 2. The molecule has 8 nitrogen and oxygen atoms in total.